The van der Waals surface area contributed by atoms with Gasteiger partial charge in [-0.2, -0.15) is 0 Å². The van der Waals surface area contributed by atoms with Crippen LogP contribution in [0.5, 0.6) is 0 Å². The molecule has 0 spiro atoms. The number of hydrogen-bond donors (Lipinski definition) is 1. The Kier molecular flexibility index (Phi) is 5.38. The second-order valence-corrected chi connectivity index (χ2v) is 4.90. The van der Waals surface area contributed by atoms with E-state index in [1.54, 1.807) is 6.92 Å². The predicted octanol–water partition coefficient (Wildman–Crippen LogP) is 2.78. The third-order valence-electron chi connectivity index (χ3n) is 3.64. The second-order valence-electron chi connectivity index (χ2n) is 4.90. The van der Waals surface area contributed by atoms with Crippen molar-refractivity contribution in [3.8, 4) is 0 Å². The SMILES string of the molecule is CCOC(=O)C(C)(C(=O)O)C1/C=C/CCCCC1. The van der Waals surface area contributed by atoms with Crippen molar-refractivity contribution >= 4 is 11.9 Å². The maximum Gasteiger partial charge on any atom is 0.323 e. The van der Waals surface area contributed by atoms with Gasteiger partial charge < -0.3 is 9.84 Å². The molecule has 0 radical (unpaired) electrons. The molecule has 0 aliphatic heterocycles. The van der Waals surface area contributed by atoms with Crippen LogP contribution in [0.15, 0.2) is 12.2 Å². The Bertz CT molecular complexity index is 335. The summed E-state index contributed by atoms with van der Waals surface area (Å²) >= 11 is 0. The van der Waals surface area contributed by atoms with E-state index in [2.05, 4.69) is 0 Å². The molecule has 0 saturated heterocycles. The molecule has 1 rings (SSSR count). The first-order valence-corrected chi connectivity index (χ1v) is 6.60. The molecule has 2 unspecified atom stereocenters. The zero-order valence-electron chi connectivity index (χ0n) is 11.1. The minimum atomic E-state index is -1.47. The van der Waals surface area contributed by atoms with E-state index < -0.39 is 17.4 Å². The van der Waals surface area contributed by atoms with Gasteiger partial charge >= 0.3 is 11.9 Å². The highest BCUT2D eigenvalue weighted by Gasteiger charge is 2.48. The van der Waals surface area contributed by atoms with Crippen molar-refractivity contribution in [1.82, 2.24) is 0 Å². The Hall–Kier alpha value is -1.32. The fraction of sp³-hybridized carbons (Fsp3) is 0.714. The number of aliphatic carboxylic acids is 1. The van der Waals surface area contributed by atoms with E-state index in [1.807, 2.05) is 12.2 Å². The number of rotatable bonds is 4. The molecule has 1 aliphatic carbocycles. The molecule has 4 heteroatoms. The molecule has 1 aliphatic rings. The van der Waals surface area contributed by atoms with Gasteiger partial charge in [0.2, 0.25) is 0 Å². The fourth-order valence-electron chi connectivity index (χ4n) is 2.32. The third kappa shape index (κ3) is 3.12. The Morgan fingerprint density at radius 3 is 2.72 bits per heavy atom. The lowest BCUT2D eigenvalue weighted by molar-refractivity contribution is -0.170. The number of carbonyl (C=O) groups excluding carboxylic acids is 1. The molecule has 102 valence electrons. The number of allylic oxidation sites excluding steroid dienone is 2. The van der Waals surface area contributed by atoms with E-state index in [9.17, 15) is 14.7 Å². The van der Waals surface area contributed by atoms with Crippen LogP contribution in [0.2, 0.25) is 0 Å². The average molecular weight is 254 g/mol. The number of carboxylic acids is 1. The summed E-state index contributed by atoms with van der Waals surface area (Å²) in [5, 5.41) is 9.41. The summed E-state index contributed by atoms with van der Waals surface area (Å²) in [6.07, 6.45) is 8.71. The molecule has 0 aromatic heterocycles. The molecule has 0 aromatic carbocycles. The lowest BCUT2D eigenvalue weighted by Gasteiger charge is -2.30. The van der Waals surface area contributed by atoms with Gasteiger partial charge in [0.05, 0.1) is 6.61 Å². The third-order valence-corrected chi connectivity index (χ3v) is 3.64. The van der Waals surface area contributed by atoms with E-state index in [1.165, 1.54) is 6.92 Å². The van der Waals surface area contributed by atoms with E-state index in [0.717, 1.165) is 32.1 Å². The monoisotopic (exact) mass is 254 g/mol. The van der Waals surface area contributed by atoms with Gasteiger partial charge in [0.1, 0.15) is 0 Å². The van der Waals surface area contributed by atoms with Crippen molar-refractivity contribution in [3.05, 3.63) is 12.2 Å². The topological polar surface area (TPSA) is 63.6 Å². The normalized spacial score (nSPS) is 25.3. The van der Waals surface area contributed by atoms with Crippen LogP contribution in [0, 0.1) is 11.3 Å². The molecule has 2 atom stereocenters. The van der Waals surface area contributed by atoms with Gasteiger partial charge in [0, 0.05) is 5.92 Å². The Labute approximate surface area is 108 Å². The second kappa shape index (κ2) is 6.57. The Morgan fingerprint density at radius 2 is 2.11 bits per heavy atom. The van der Waals surface area contributed by atoms with Gasteiger partial charge in [-0.1, -0.05) is 25.0 Å². The Balaban J connectivity index is 2.97. The van der Waals surface area contributed by atoms with Crippen LogP contribution in [0.25, 0.3) is 0 Å². The summed E-state index contributed by atoms with van der Waals surface area (Å²) < 4.78 is 4.94. The highest BCUT2D eigenvalue weighted by atomic mass is 16.5. The molecular weight excluding hydrogens is 232 g/mol. The van der Waals surface area contributed by atoms with Crippen LogP contribution in [-0.2, 0) is 14.3 Å². The maximum absolute atomic E-state index is 12.0. The zero-order chi connectivity index (χ0) is 13.6. The average Bonchev–Trinajstić information content (AvgIpc) is 2.27. The van der Waals surface area contributed by atoms with Crippen molar-refractivity contribution in [2.75, 3.05) is 6.61 Å². The first-order valence-electron chi connectivity index (χ1n) is 6.60. The van der Waals surface area contributed by atoms with E-state index >= 15 is 0 Å². The minimum Gasteiger partial charge on any atom is -0.480 e. The molecule has 0 aromatic rings. The van der Waals surface area contributed by atoms with Crippen LogP contribution >= 0.6 is 0 Å². The van der Waals surface area contributed by atoms with Gasteiger partial charge in [0.25, 0.3) is 0 Å². The fourth-order valence-corrected chi connectivity index (χ4v) is 2.32. The number of esters is 1. The molecule has 0 heterocycles. The molecule has 1 N–H and O–H groups in total. The van der Waals surface area contributed by atoms with E-state index in [-0.39, 0.29) is 12.5 Å². The van der Waals surface area contributed by atoms with E-state index in [0.29, 0.717) is 0 Å². The molecule has 0 amide bonds. The maximum atomic E-state index is 12.0. The first-order chi connectivity index (χ1) is 8.53. The molecule has 0 saturated carbocycles. The first kappa shape index (κ1) is 14.7. The van der Waals surface area contributed by atoms with Crippen LogP contribution in [-0.4, -0.2) is 23.7 Å². The summed E-state index contributed by atoms with van der Waals surface area (Å²) in [6, 6.07) is 0. The number of hydrogen-bond acceptors (Lipinski definition) is 3. The quantitative estimate of drug-likeness (QED) is 0.476. The van der Waals surface area contributed by atoms with Crippen LogP contribution in [0.3, 0.4) is 0 Å². The van der Waals surface area contributed by atoms with Crippen LogP contribution < -0.4 is 0 Å². The number of carbonyl (C=O) groups is 2. The predicted molar refractivity (Wildman–Crippen MR) is 68.1 cm³/mol. The van der Waals surface area contributed by atoms with Crippen molar-refractivity contribution in [2.45, 2.75) is 46.0 Å². The standard InChI is InChI=1S/C14H22O4/c1-3-18-13(17)14(2,12(15)16)11-9-7-5-4-6-8-10-11/h7,9,11H,3-6,8,10H2,1-2H3,(H,15,16)/b9-7+. The van der Waals surface area contributed by atoms with Crippen molar-refractivity contribution in [3.63, 3.8) is 0 Å². The summed E-state index contributed by atoms with van der Waals surface area (Å²) in [6.45, 7) is 3.37. The molecule has 0 fully saturated rings. The summed E-state index contributed by atoms with van der Waals surface area (Å²) in [4.78, 5) is 23.5. The smallest absolute Gasteiger partial charge is 0.323 e. The van der Waals surface area contributed by atoms with E-state index in [4.69, 9.17) is 4.74 Å². The van der Waals surface area contributed by atoms with Gasteiger partial charge in [-0.25, -0.2) is 0 Å². The lowest BCUT2D eigenvalue weighted by atomic mass is 9.73. The van der Waals surface area contributed by atoms with Crippen LogP contribution in [0.4, 0.5) is 0 Å². The summed E-state index contributed by atoms with van der Waals surface area (Å²) in [7, 11) is 0. The van der Waals surface area contributed by atoms with Crippen molar-refractivity contribution < 1.29 is 19.4 Å². The van der Waals surface area contributed by atoms with Crippen molar-refractivity contribution in [2.24, 2.45) is 11.3 Å². The number of carboxylic acid groups (broad SMARTS) is 1. The largest absolute Gasteiger partial charge is 0.480 e. The van der Waals surface area contributed by atoms with Gasteiger partial charge in [0.15, 0.2) is 5.41 Å². The molecular formula is C14H22O4. The van der Waals surface area contributed by atoms with Crippen molar-refractivity contribution in [1.29, 1.82) is 0 Å². The minimum absolute atomic E-state index is 0.206. The molecule has 18 heavy (non-hydrogen) atoms. The molecule has 0 bridgehead atoms. The van der Waals surface area contributed by atoms with Gasteiger partial charge in [-0.3, -0.25) is 9.59 Å². The summed E-state index contributed by atoms with van der Waals surface area (Å²) in [5.41, 5.74) is -1.47. The highest BCUT2D eigenvalue weighted by molar-refractivity contribution is 5.99. The van der Waals surface area contributed by atoms with Crippen LogP contribution in [0.1, 0.15) is 46.0 Å². The zero-order valence-corrected chi connectivity index (χ0v) is 11.1. The highest BCUT2D eigenvalue weighted by Crippen LogP contribution is 2.35. The van der Waals surface area contributed by atoms with Gasteiger partial charge in [-0.05, 0) is 33.1 Å². The molecule has 4 nitrogen and oxygen atoms in total. The summed E-state index contributed by atoms with van der Waals surface area (Å²) in [5.74, 6) is -2.02. The number of ether oxygens (including phenoxy) is 1. The lowest BCUT2D eigenvalue weighted by Crippen LogP contribution is -2.44. The Morgan fingerprint density at radius 1 is 1.39 bits per heavy atom. The van der Waals surface area contributed by atoms with Gasteiger partial charge in [-0.15, -0.1) is 0 Å².